The maximum atomic E-state index is 14.2. The van der Waals surface area contributed by atoms with Crippen LogP contribution in [0.15, 0.2) is 47.7 Å². The monoisotopic (exact) mass is 446 g/mol. The van der Waals surface area contributed by atoms with E-state index >= 15 is 0 Å². The van der Waals surface area contributed by atoms with Crippen LogP contribution in [0, 0.1) is 22.6 Å². The summed E-state index contributed by atoms with van der Waals surface area (Å²) in [7, 11) is 0. The summed E-state index contributed by atoms with van der Waals surface area (Å²) < 4.78 is 57.5. The molecule has 8 heteroatoms. The fourth-order valence-corrected chi connectivity index (χ4v) is 5.99. The molecule has 0 amide bonds. The van der Waals surface area contributed by atoms with Gasteiger partial charge in [-0.3, -0.25) is 4.79 Å². The molecule has 3 aliphatic rings. The first-order chi connectivity index (χ1) is 15.1. The van der Waals surface area contributed by atoms with Gasteiger partial charge >= 0.3 is 12.1 Å². The highest BCUT2D eigenvalue weighted by Crippen LogP contribution is 2.63. The molecule has 1 N–H and O–H groups in total. The van der Waals surface area contributed by atoms with Gasteiger partial charge in [-0.2, -0.15) is 18.3 Å². The maximum Gasteiger partial charge on any atom is 0.405 e. The lowest BCUT2D eigenvalue weighted by Gasteiger charge is -2.52. The molecule has 1 fully saturated rings. The molecule has 168 valence electrons. The van der Waals surface area contributed by atoms with Crippen molar-refractivity contribution in [1.29, 1.82) is 0 Å². The molecule has 0 aliphatic heterocycles. The molecular weight excluding hydrogens is 424 g/mol. The Morgan fingerprint density at radius 2 is 1.97 bits per heavy atom. The highest BCUT2D eigenvalue weighted by molar-refractivity contribution is 5.78. The molecular formula is C24H22F4N2O2. The van der Waals surface area contributed by atoms with Crippen LogP contribution in [0.4, 0.5) is 17.6 Å². The summed E-state index contributed by atoms with van der Waals surface area (Å²) in [6, 6.07) is 5.95. The number of hydrogen-bond donors (Lipinski definition) is 1. The highest BCUT2D eigenvalue weighted by Gasteiger charge is 2.68. The van der Waals surface area contributed by atoms with E-state index in [0.29, 0.717) is 24.1 Å². The maximum absolute atomic E-state index is 14.2. The number of hydrogen-bond acceptors (Lipinski definition) is 2. The molecule has 1 aromatic heterocycles. The number of aliphatic carboxylic acids is 1. The van der Waals surface area contributed by atoms with Gasteiger partial charge in [0.25, 0.3) is 0 Å². The van der Waals surface area contributed by atoms with Crippen LogP contribution < -0.4 is 0 Å². The van der Waals surface area contributed by atoms with Gasteiger partial charge in [0, 0.05) is 11.3 Å². The van der Waals surface area contributed by atoms with Crippen molar-refractivity contribution < 1.29 is 27.5 Å². The number of carboxylic acids is 1. The molecule has 1 aromatic carbocycles. The highest BCUT2D eigenvalue weighted by atomic mass is 19.4. The van der Waals surface area contributed by atoms with Gasteiger partial charge < -0.3 is 5.11 Å². The average Bonchev–Trinajstić information content (AvgIpc) is 3.13. The minimum atomic E-state index is -4.83. The van der Waals surface area contributed by atoms with E-state index in [4.69, 9.17) is 0 Å². The van der Waals surface area contributed by atoms with Crippen LogP contribution in [0.1, 0.15) is 43.9 Å². The molecule has 0 spiro atoms. The van der Waals surface area contributed by atoms with Crippen molar-refractivity contribution in [2.45, 2.75) is 45.2 Å². The SMILES string of the molecule is C[C@]12Cc3cnn(-c4ccc(F)cc4)c3C=C1CC[C@H]1C2=CCCC1(C(=O)O)C(F)(F)F. The summed E-state index contributed by atoms with van der Waals surface area (Å²) in [6.07, 6.45) is 1.30. The summed E-state index contributed by atoms with van der Waals surface area (Å²) in [5.41, 5.74) is 0.546. The molecule has 32 heavy (non-hydrogen) atoms. The summed E-state index contributed by atoms with van der Waals surface area (Å²) in [4.78, 5) is 12.0. The van der Waals surface area contributed by atoms with Gasteiger partial charge in [0.1, 0.15) is 5.82 Å². The van der Waals surface area contributed by atoms with Crippen molar-refractivity contribution in [1.82, 2.24) is 9.78 Å². The molecule has 5 rings (SSSR count). The normalized spacial score (nSPS) is 29.3. The van der Waals surface area contributed by atoms with Gasteiger partial charge in [-0.05, 0) is 68.0 Å². The number of carboxylic acid groups (broad SMARTS) is 1. The van der Waals surface area contributed by atoms with Crippen molar-refractivity contribution in [3.63, 3.8) is 0 Å². The smallest absolute Gasteiger partial charge is 0.405 e. The van der Waals surface area contributed by atoms with Gasteiger partial charge in [0.15, 0.2) is 5.41 Å². The second kappa shape index (κ2) is 6.80. The van der Waals surface area contributed by atoms with Crippen LogP contribution in [-0.2, 0) is 11.2 Å². The number of rotatable bonds is 2. The fraction of sp³-hybridized carbons (Fsp3) is 0.417. The Bertz CT molecular complexity index is 1160. The largest absolute Gasteiger partial charge is 0.481 e. The van der Waals surface area contributed by atoms with Gasteiger partial charge in [0.2, 0.25) is 0 Å². The number of fused-ring (bicyclic) bond motifs is 4. The third kappa shape index (κ3) is 2.74. The minimum absolute atomic E-state index is 0.0855. The third-order valence-corrected chi connectivity index (χ3v) is 7.62. The number of halogens is 4. The number of allylic oxidation sites excluding steroid dienone is 3. The van der Waals surface area contributed by atoms with Crippen LogP contribution in [0.25, 0.3) is 11.8 Å². The first kappa shape index (κ1) is 21.0. The lowest BCUT2D eigenvalue weighted by Crippen LogP contribution is -2.55. The molecule has 0 bridgehead atoms. The molecule has 1 unspecified atom stereocenters. The van der Waals surface area contributed by atoms with E-state index in [-0.39, 0.29) is 18.7 Å². The summed E-state index contributed by atoms with van der Waals surface area (Å²) in [5.74, 6) is -3.21. The number of nitrogens with zero attached hydrogens (tertiary/aromatic N) is 2. The molecule has 2 aromatic rings. The quantitative estimate of drug-likeness (QED) is 0.474. The molecule has 0 radical (unpaired) electrons. The summed E-state index contributed by atoms with van der Waals surface area (Å²) in [5, 5.41) is 14.2. The van der Waals surface area contributed by atoms with E-state index in [0.717, 1.165) is 16.8 Å². The lowest BCUT2D eigenvalue weighted by atomic mass is 9.51. The van der Waals surface area contributed by atoms with E-state index in [9.17, 15) is 27.5 Å². The van der Waals surface area contributed by atoms with Crippen molar-refractivity contribution in [2.24, 2.45) is 16.7 Å². The zero-order valence-corrected chi connectivity index (χ0v) is 17.4. The lowest BCUT2D eigenvalue weighted by molar-refractivity contribution is -0.249. The van der Waals surface area contributed by atoms with Crippen molar-refractivity contribution in [3.8, 4) is 5.69 Å². The van der Waals surface area contributed by atoms with Crippen LogP contribution in [-0.4, -0.2) is 27.0 Å². The van der Waals surface area contributed by atoms with E-state index in [1.807, 2.05) is 19.1 Å². The van der Waals surface area contributed by atoms with E-state index in [1.165, 1.54) is 12.1 Å². The van der Waals surface area contributed by atoms with Crippen LogP contribution in [0.2, 0.25) is 0 Å². The number of alkyl halides is 3. The van der Waals surface area contributed by atoms with Crippen LogP contribution in [0.3, 0.4) is 0 Å². The van der Waals surface area contributed by atoms with E-state index in [2.05, 4.69) is 5.10 Å². The molecule has 1 saturated carbocycles. The van der Waals surface area contributed by atoms with E-state index < -0.39 is 35.3 Å². The molecule has 0 saturated heterocycles. The number of aromatic nitrogens is 2. The summed E-state index contributed by atoms with van der Waals surface area (Å²) in [6.45, 7) is 1.92. The van der Waals surface area contributed by atoms with Crippen LogP contribution in [0.5, 0.6) is 0 Å². The Hall–Kier alpha value is -2.90. The van der Waals surface area contributed by atoms with Gasteiger partial charge in [-0.1, -0.05) is 24.1 Å². The van der Waals surface area contributed by atoms with Gasteiger partial charge in [-0.25, -0.2) is 9.07 Å². The predicted octanol–water partition coefficient (Wildman–Crippen LogP) is 5.72. The topological polar surface area (TPSA) is 55.1 Å². The van der Waals surface area contributed by atoms with Gasteiger partial charge in [0.05, 0.1) is 17.6 Å². The first-order valence-corrected chi connectivity index (χ1v) is 10.6. The standard InChI is InChI=1S/C24H22F4N2O2/c1-22-12-14-13-29-30(17-7-5-16(25)6-8-17)20(14)11-15(22)4-9-19-18(22)3-2-10-23(19,21(31)32)24(26,27)28/h3,5-8,11,13,19H,2,4,9-10,12H2,1H3,(H,31,32)/t19-,22-,23?/m0/s1. The molecule has 4 nitrogen and oxygen atoms in total. The van der Waals surface area contributed by atoms with Gasteiger partial charge in [-0.15, -0.1) is 0 Å². The summed E-state index contributed by atoms with van der Waals surface area (Å²) >= 11 is 0. The van der Waals surface area contributed by atoms with Crippen molar-refractivity contribution in [2.75, 3.05) is 0 Å². The predicted molar refractivity (Wildman–Crippen MR) is 109 cm³/mol. The molecule has 1 heterocycles. The Morgan fingerprint density at radius 1 is 1.25 bits per heavy atom. The molecule has 3 atom stereocenters. The first-order valence-electron chi connectivity index (χ1n) is 10.6. The van der Waals surface area contributed by atoms with Crippen molar-refractivity contribution in [3.05, 3.63) is 64.8 Å². The van der Waals surface area contributed by atoms with Crippen LogP contribution >= 0.6 is 0 Å². The zero-order chi connectivity index (χ0) is 22.9. The van der Waals surface area contributed by atoms with Crippen molar-refractivity contribution >= 4 is 12.0 Å². The minimum Gasteiger partial charge on any atom is -0.481 e. The Kier molecular flexibility index (Phi) is 4.45. The Balaban J connectivity index is 1.58. The Labute approximate surface area is 182 Å². The second-order valence-corrected chi connectivity index (χ2v) is 9.19. The fourth-order valence-electron chi connectivity index (χ4n) is 5.99. The Morgan fingerprint density at radius 3 is 2.62 bits per heavy atom. The average molecular weight is 446 g/mol. The third-order valence-electron chi connectivity index (χ3n) is 7.62. The zero-order valence-electron chi connectivity index (χ0n) is 17.4. The number of benzene rings is 1. The number of carbonyl (C=O) groups is 1. The second-order valence-electron chi connectivity index (χ2n) is 9.19. The molecule has 3 aliphatic carbocycles. The van der Waals surface area contributed by atoms with E-state index in [1.54, 1.807) is 23.0 Å².